The average molecular weight is 328 g/mol. The number of nitrogens with one attached hydrogen (secondary N) is 1. The van der Waals surface area contributed by atoms with Gasteiger partial charge in [0.15, 0.2) is 0 Å². The predicted octanol–water partition coefficient (Wildman–Crippen LogP) is 3.01. The highest BCUT2D eigenvalue weighted by molar-refractivity contribution is 5.93. The van der Waals surface area contributed by atoms with Crippen LogP contribution in [0.5, 0.6) is 0 Å². The summed E-state index contributed by atoms with van der Waals surface area (Å²) in [5.74, 6) is -0.651. The summed E-state index contributed by atoms with van der Waals surface area (Å²) in [6, 6.07) is 3.23. The van der Waals surface area contributed by atoms with Crippen LogP contribution < -0.4 is 5.32 Å². The molecule has 1 aromatic heterocycles. The standard InChI is InChI=1S/C13H11F3N4O3/c1-8(19-7-11(6-17-19)20(22)23)12(21)18-10-4-2-3-9(5-10)13(14,15)16/h2-8H,1H3,(H,18,21). The van der Waals surface area contributed by atoms with Crippen LogP contribution >= 0.6 is 0 Å². The van der Waals surface area contributed by atoms with Gasteiger partial charge in [-0.2, -0.15) is 18.3 Å². The Kier molecular flexibility index (Phi) is 4.34. The lowest BCUT2D eigenvalue weighted by molar-refractivity contribution is -0.385. The lowest BCUT2D eigenvalue weighted by atomic mass is 10.2. The Balaban J connectivity index is 2.13. The van der Waals surface area contributed by atoms with Crippen LogP contribution in [0.2, 0.25) is 0 Å². The maximum atomic E-state index is 12.6. The lowest BCUT2D eigenvalue weighted by Gasteiger charge is -2.13. The molecule has 0 saturated heterocycles. The summed E-state index contributed by atoms with van der Waals surface area (Å²) in [7, 11) is 0. The zero-order valence-electron chi connectivity index (χ0n) is 11.7. The first-order valence-corrected chi connectivity index (χ1v) is 6.35. The second kappa shape index (κ2) is 6.07. The molecule has 2 aromatic rings. The van der Waals surface area contributed by atoms with Crippen LogP contribution in [0.4, 0.5) is 24.5 Å². The SMILES string of the molecule is CC(C(=O)Nc1cccc(C(F)(F)F)c1)n1cc([N+](=O)[O-])cn1. The number of amides is 1. The van der Waals surface area contributed by atoms with Crippen molar-refractivity contribution in [3.8, 4) is 0 Å². The number of anilines is 1. The van der Waals surface area contributed by atoms with Gasteiger partial charge in [0.2, 0.25) is 5.91 Å². The molecule has 1 unspecified atom stereocenters. The second-order valence-electron chi connectivity index (χ2n) is 4.68. The van der Waals surface area contributed by atoms with Crippen LogP contribution in [0.3, 0.4) is 0 Å². The van der Waals surface area contributed by atoms with Gasteiger partial charge in [0.05, 0.1) is 10.5 Å². The number of carbonyl (C=O) groups is 1. The van der Waals surface area contributed by atoms with Crippen molar-refractivity contribution < 1.29 is 22.9 Å². The van der Waals surface area contributed by atoms with Gasteiger partial charge in [-0.15, -0.1) is 0 Å². The highest BCUT2D eigenvalue weighted by Gasteiger charge is 2.30. The fourth-order valence-electron chi connectivity index (χ4n) is 1.77. The van der Waals surface area contributed by atoms with E-state index in [0.717, 1.165) is 29.2 Å². The number of benzene rings is 1. The van der Waals surface area contributed by atoms with Crippen molar-refractivity contribution in [3.05, 3.63) is 52.3 Å². The fourth-order valence-corrected chi connectivity index (χ4v) is 1.77. The van der Waals surface area contributed by atoms with Gasteiger partial charge in [-0.25, -0.2) is 0 Å². The van der Waals surface area contributed by atoms with E-state index in [9.17, 15) is 28.1 Å². The number of nitrogens with zero attached hydrogens (tertiary/aromatic N) is 3. The molecule has 1 atom stereocenters. The Bertz CT molecular complexity index is 742. The number of aromatic nitrogens is 2. The van der Waals surface area contributed by atoms with E-state index < -0.39 is 28.6 Å². The molecule has 23 heavy (non-hydrogen) atoms. The smallest absolute Gasteiger partial charge is 0.324 e. The van der Waals surface area contributed by atoms with E-state index in [2.05, 4.69) is 10.4 Å². The van der Waals surface area contributed by atoms with E-state index in [1.54, 1.807) is 0 Å². The third-order valence-corrected chi connectivity index (χ3v) is 3.03. The van der Waals surface area contributed by atoms with Crippen LogP contribution in [0.25, 0.3) is 0 Å². The molecule has 0 radical (unpaired) electrons. The number of alkyl halides is 3. The molecule has 0 bridgehead atoms. The largest absolute Gasteiger partial charge is 0.416 e. The second-order valence-corrected chi connectivity index (χ2v) is 4.68. The highest BCUT2D eigenvalue weighted by Crippen LogP contribution is 2.30. The maximum Gasteiger partial charge on any atom is 0.416 e. The van der Waals surface area contributed by atoms with Gasteiger partial charge >= 0.3 is 11.9 Å². The summed E-state index contributed by atoms with van der Waals surface area (Å²) in [5.41, 5.74) is -1.21. The number of hydrogen-bond acceptors (Lipinski definition) is 4. The quantitative estimate of drug-likeness (QED) is 0.690. The minimum absolute atomic E-state index is 0.0293. The Labute approximate surface area is 127 Å². The van der Waals surface area contributed by atoms with E-state index in [1.165, 1.54) is 19.1 Å². The molecule has 7 nitrogen and oxygen atoms in total. The van der Waals surface area contributed by atoms with E-state index >= 15 is 0 Å². The Hall–Kier alpha value is -2.91. The predicted molar refractivity (Wildman–Crippen MR) is 73.7 cm³/mol. The van der Waals surface area contributed by atoms with E-state index in [4.69, 9.17) is 0 Å². The Morgan fingerprint density at radius 2 is 2.13 bits per heavy atom. The minimum atomic E-state index is -4.52. The van der Waals surface area contributed by atoms with Gasteiger partial charge in [0.1, 0.15) is 18.4 Å². The van der Waals surface area contributed by atoms with Gasteiger partial charge < -0.3 is 5.32 Å². The molecule has 1 amide bonds. The number of hydrogen-bond donors (Lipinski definition) is 1. The molecule has 0 saturated carbocycles. The molecule has 10 heteroatoms. The first-order valence-electron chi connectivity index (χ1n) is 6.35. The molecule has 1 aromatic carbocycles. The fraction of sp³-hybridized carbons (Fsp3) is 0.231. The summed E-state index contributed by atoms with van der Waals surface area (Å²) in [4.78, 5) is 21.9. The molecule has 122 valence electrons. The molecule has 0 aliphatic rings. The number of rotatable bonds is 4. The highest BCUT2D eigenvalue weighted by atomic mass is 19.4. The molecule has 0 aliphatic heterocycles. The maximum absolute atomic E-state index is 12.6. The van der Waals surface area contributed by atoms with E-state index in [-0.39, 0.29) is 11.4 Å². The molecule has 0 aliphatic carbocycles. The van der Waals surface area contributed by atoms with Gasteiger partial charge in [-0.3, -0.25) is 19.6 Å². The third-order valence-electron chi connectivity index (χ3n) is 3.03. The molecule has 2 rings (SSSR count). The van der Waals surface area contributed by atoms with Crippen molar-refractivity contribution in [1.29, 1.82) is 0 Å². The van der Waals surface area contributed by atoms with Crippen molar-refractivity contribution in [2.75, 3.05) is 5.32 Å². The average Bonchev–Trinajstić information content (AvgIpc) is 2.95. The molecular formula is C13H11F3N4O3. The zero-order chi connectivity index (χ0) is 17.2. The number of halogens is 3. The summed E-state index contributed by atoms with van der Waals surface area (Å²) >= 11 is 0. The number of carbonyl (C=O) groups excluding carboxylic acids is 1. The van der Waals surface area contributed by atoms with Crippen LogP contribution in [0, 0.1) is 10.1 Å². The van der Waals surface area contributed by atoms with Crippen molar-refractivity contribution in [3.63, 3.8) is 0 Å². The molecule has 0 spiro atoms. The van der Waals surface area contributed by atoms with Gasteiger partial charge in [-0.1, -0.05) is 6.07 Å². The normalized spacial score (nSPS) is 12.7. The summed E-state index contributed by atoms with van der Waals surface area (Å²) < 4.78 is 38.9. The van der Waals surface area contributed by atoms with Crippen molar-refractivity contribution >= 4 is 17.3 Å². The summed E-state index contributed by atoms with van der Waals surface area (Å²) in [6.07, 6.45) is -2.47. The van der Waals surface area contributed by atoms with Crippen LogP contribution in [-0.2, 0) is 11.0 Å². The Morgan fingerprint density at radius 3 is 2.70 bits per heavy atom. The lowest BCUT2D eigenvalue weighted by Crippen LogP contribution is -2.24. The van der Waals surface area contributed by atoms with Crippen molar-refractivity contribution in [2.45, 2.75) is 19.1 Å². The molecule has 1 N–H and O–H groups in total. The molecule has 0 fully saturated rings. The van der Waals surface area contributed by atoms with Crippen LogP contribution in [0.15, 0.2) is 36.7 Å². The van der Waals surface area contributed by atoms with Crippen molar-refractivity contribution in [1.82, 2.24) is 9.78 Å². The van der Waals surface area contributed by atoms with Gasteiger partial charge in [0, 0.05) is 5.69 Å². The molecule has 1 heterocycles. The zero-order valence-corrected chi connectivity index (χ0v) is 11.7. The van der Waals surface area contributed by atoms with Gasteiger partial charge in [-0.05, 0) is 25.1 Å². The summed E-state index contributed by atoms with van der Waals surface area (Å²) in [5, 5.41) is 16.6. The topological polar surface area (TPSA) is 90.1 Å². The summed E-state index contributed by atoms with van der Waals surface area (Å²) in [6.45, 7) is 1.42. The Morgan fingerprint density at radius 1 is 1.43 bits per heavy atom. The van der Waals surface area contributed by atoms with Crippen LogP contribution in [0.1, 0.15) is 18.5 Å². The monoisotopic (exact) mass is 328 g/mol. The van der Waals surface area contributed by atoms with E-state index in [1.807, 2.05) is 0 Å². The third kappa shape index (κ3) is 3.84. The first kappa shape index (κ1) is 16.5. The van der Waals surface area contributed by atoms with E-state index in [0.29, 0.717) is 0 Å². The van der Waals surface area contributed by atoms with Crippen LogP contribution in [-0.4, -0.2) is 20.6 Å². The van der Waals surface area contributed by atoms with Gasteiger partial charge in [0.25, 0.3) is 0 Å². The minimum Gasteiger partial charge on any atom is -0.324 e. The van der Waals surface area contributed by atoms with Crippen molar-refractivity contribution in [2.24, 2.45) is 0 Å². The first-order chi connectivity index (χ1) is 10.7. The number of nitro groups is 1. The molecular weight excluding hydrogens is 317 g/mol.